The average molecular weight is 416 g/mol. The Balaban J connectivity index is 1.58. The van der Waals surface area contributed by atoms with Crippen molar-refractivity contribution in [1.82, 2.24) is 15.5 Å². The summed E-state index contributed by atoms with van der Waals surface area (Å²) in [5.74, 6) is -0.118. The van der Waals surface area contributed by atoms with Gasteiger partial charge in [0.05, 0.1) is 11.3 Å². The molecule has 1 aromatic heterocycles. The standard InChI is InChI=1S/C20H25N5OS2/c1-13-7-8-16(11-14(13)2)22-18-24-25-19(28-18)27-15(3)17(26)23-20(12-21)9-5-4-6-10-20/h7-8,11,15H,4-6,9-10H2,1-3H3,(H,22,24)(H,23,26)/t15-/m1/s1. The maximum atomic E-state index is 12.6. The maximum absolute atomic E-state index is 12.6. The van der Waals surface area contributed by atoms with Gasteiger partial charge in [0.2, 0.25) is 11.0 Å². The lowest BCUT2D eigenvalue weighted by molar-refractivity contribution is -0.121. The highest BCUT2D eigenvalue weighted by Gasteiger charge is 2.35. The molecular formula is C20H25N5OS2. The van der Waals surface area contributed by atoms with Crippen molar-refractivity contribution in [3.05, 3.63) is 29.3 Å². The third-order valence-electron chi connectivity index (χ3n) is 5.10. The van der Waals surface area contributed by atoms with Crippen LogP contribution in [0.5, 0.6) is 0 Å². The number of hydrogen-bond acceptors (Lipinski definition) is 7. The highest BCUT2D eigenvalue weighted by molar-refractivity contribution is 8.02. The number of rotatable bonds is 6. The van der Waals surface area contributed by atoms with Gasteiger partial charge in [-0.25, -0.2) is 0 Å². The van der Waals surface area contributed by atoms with E-state index in [1.807, 2.05) is 13.0 Å². The quantitative estimate of drug-likeness (QED) is 0.663. The zero-order valence-corrected chi connectivity index (χ0v) is 18.0. The van der Waals surface area contributed by atoms with Crippen LogP contribution in [-0.2, 0) is 4.79 Å². The smallest absolute Gasteiger partial charge is 0.234 e. The number of hydrogen-bond donors (Lipinski definition) is 2. The third kappa shape index (κ3) is 5.03. The van der Waals surface area contributed by atoms with Crippen molar-refractivity contribution in [2.24, 2.45) is 0 Å². The minimum atomic E-state index is -0.707. The van der Waals surface area contributed by atoms with E-state index in [-0.39, 0.29) is 11.2 Å². The molecule has 1 atom stereocenters. The molecule has 1 heterocycles. The van der Waals surface area contributed by atoms with Crippen LogP contribution in [0, 0.1) is 25.2 Å². The van der Waals surface area contributed by atoms with Gasteiger partial charge in [-0.3, -0.25) is 4.79 Å². The van der Waals surface area contributed by atoms with Crippen molar-refractivity contribution in [2.45, 2.75) is 68.0 Å². The van der Waals surface area contributed by atoms with E-state index in [0.717, 1.165) is 42.1 Å². The van der Waals surface area contributed by atoms with Crippen LogP contribution in [-0.4, -0.2) is 26.9 Å². The molecule has 1 saturated carbocycles. The molecule has 0 saturated heterocycles. The molecule has 1 aromatic carbocycles. The second-order valence-electron chi connectivity index (χ2n) is 7.30. The summed E-state index contributed by atoms with van der Waals surface area (Å²) < 4.78 is 0.726. The number of aromatic nitrogens is 2. The van der Waals surface area contributed by atoms with Crippen LogP contribution in [0.1, 0.15) is 50.2 Å². The first-order valence-electron chi connectivity index (χ1n) is 9.48. The van der Waals surface area contributed by atoms with Crippen molar-refractivity contribution >= 4 is 39.8 Å². The molecule has 0 aliphatic heterocycles. The molecule has 8 heteroatoms. The third-order valence-corrected chi connectivity index (χ3v) is 7.12. The lowest BCUT2D eigenvalue weighted by Gasteiger charge is -2.32. The number of amides is 1. The topological polar surface area (TPSA) is 90.7 Å². The Morgan fingerprint density at radius 3 is 2.68 bits per heavy atom. The highest BCUT2D eigenvalue weighted by atomic mass is 32.2. The second kappa shape index (κ2) is 8.93. The van der Waals surface area contributed by atoms with E-state index >= 15 is 0 Å². The Hall–Kier alpha value is -2.11. The molecule has 1 aliphatic rings. The summed E-state index contributed by atoms with van der Waals surface area (Å²) in [5, 5.41) is 24.5. The fourth-order valence-corrected chi connectivity index (χ4v) is 5.13. The van der Waals surface area contributed by atoms with Crippen molar-refractivity contribution < 1.29 is 4.79 Å². The molecule has 2 aromatic rings. The van der Waals surface area contributed by atoms with Crippen LogP contribution in [0.4, 0.5) is 10.8 Å². The van der Waals surface area contributed by atoms with Gasteiger partial charge in [0.15, 0.2) is 4.34 Å². The van der Waals surface area contributed by atoms with E-state index in [4.69, 9.17) is 0 Å². The maximum Gasteiger partial charge on any atom is 0.234 e. The van der Waals surface area contributed by atoms with E-state index in [1.165, 1.54) is 34.2 Å². The first-order chi connectivity index (χ1) is 13.4. The van der Waals surface area contributed by atoms with Crippen molar-refractivity contribution in [3.63, 3.8) is 0 Å². The molecule has 0 spiro atoms. The molecule has 148 valence electrons. The number of nitriles is 1. The van der Waals surface area contributed by atoms with E-state index in [9.17, 15) is 10.1 Å². The molecule has 28 heavy (non-hydrogen) atoms. The van der Waals surface area contributed by atoms with Crippen LogP contribution < -0.4 is 10.6 Å². The minimum absolute atomic E-state index is 0.118. The molecule has 1 aliphatic carbocycles. The molecule has 0 radical (unpaired) electrons. The summed E-state index contributed by atoms with van der Waals surface area (Å²) in [4.78, 5) is 12.6. The largest absolute Gasteiger partial charge is 0.337 e. The number of nitrogens with zero attached hydrogens (tertiary/aromatic N) is 3. The SMILES string of the molecule is Cc1ccc(Nc2nnc(S[C@H](C)C(=O)NC3(C#N)CCCCC3)s2)cc1C. The van der Waals surface area contributed by atoms with E-state index in [0.29, 0.717) is 5.13 Å². The molecule has 1 amide bonds. The summed E-state index contributed by atoms with van der Waals surface area (Å²) in [6.45, 7) is 5.99. The molecule has 0 unspecified atom stereocenters. The van der Waals surface area contributed by atoms with Gasteiger partial charge < -0.3 is 10.6 Å². The summed E-state index contributed by atoms with van der Waals surface area (Å²) in [7, 11) is 0. The van der Waals surface area contributed by atoms with E-state index < -0.39 is 5.54 Å². The highest BCUT2D eigenvalue weighted by Crippen LogP contribution is 2.32. The summed E-state index contributed by atoms with van der Waals surface area (Å²) in [6, 6.07) is 8.48. The molecule has 6 nitrogen and oxygen atoms in total. The van der Waals surface area contributed by atoms with Crippen molar-refractivity contribution in [2.75, 3.05) is 5.32 Å². The van der Waals surface area contributed by atoms with Crippen LogP contribution >= 0.6 is 23.1 Å². The molecule has 0 bridgehead atoms. The van der Waals surface area contributed by atoms with Gasteiger partial charge in [-0.15, -0.1) is 10.2 Å². The first kappa shape index (κ1) is 20.6. The Kier molecular flexibility index (Phi) is 6.57. The van der Waals surface area contributed by atoms with Gasteiger partial charge in [0, 0.05) is 5.69 Å². The Labute approximate surface area is 174 Å². The van der Waals surface area contributed by atoms with Crippen LogP contribution in [0.15, 0.2) is 22.5 Å². The molecule has 2 N–H and O–H groups in total. The van der Waals surface area contributed by atoms with Gasteiger partial charge in [-0.05, 0) is 56.9 Å². The number of carbonyl (C=O) groups is 1. The van der Waals surface area contributed by atoms with Crippen molar-refractivity contribution in [1.29, 1.82) is 5.26 Å². The van der Waals surface area contributed by atoms with Gasteiger partial charge in [0.25, 0.3) is 0 Å². The van der Waals surface area contributed by atoms with E-state index in [1.54, 1.807) is 0 Å². The lowest BCUT2D eigenvalue weighted by atomic mass is 9.83. The van der Waals surface area contributed by atoms with E-state index in [2.05, 4.69) is 52.9 Å². The summed E-state index contributed by atoms with van der Waals surface area (Å²) in [5.41, 5.74) is 2.71. The van der Waals surface area contributed by atoms with Gasteiger partial charge in [-0.1, -0.05) is 48.4 Å². The monoisotopic (exact) mass is 415 g/mol. The minimum Gasteiger partial charge on any atom is -0.337 e. The first-order valence-corrected chi connectivity index (χ1v) is 11.2. The Bertz CT molecular complexity index is 883. The summed E-state index contributed by atoms with van der Waals surface area (Å²) >= 11 is 2.79. The lowest BCUT2D eigenvalue weighted by Crippen LogP contribution is -2.50. The zero-order chi connectivity index (χ0) is 20.1. The van der Waals surface area contributed by atoms with Gasteiger partial charge in [-0.2, -0.15) is 5.26 Å². The molecule has 1 fully saturated rings. The predicted molar refractivity (Wildman–Crippen MR) is 114 cm³/mol. The molecular weight excluding hydrogens is 390 g/mol. The predicted octanol–water partition coefficient (Wildman–Crippen LogP) is 4.72. The van der Waals surface area contributed by atoms with Gasteiger partial charge >= 0.3 is 0 Å². The number of benzene rings is 1. The number of aryl methyl sites for hydroxylation is 2. The van der Waals surface area contributed by atoms with Crippen LogP contribution in [0.2, 0.25) is 0 Å². The van der Waals surface area contributed by atoms with Gasteiger partial charge in [0.1, 0.15) is 5.54 Å². The van der Waals surface area contributed by atoms with Crippen molar-refractivity contribution in [3.8, 4) is 6.07 Å². The second-order valence-corrected chi connectivity index (χ2v) is 9.87. The number of anilines is 2. The summed E-state index contributed by atoms with van der Waals surface area (Å²) in [6.07, 6.45) is 4.56. The molecule has 3 rings (SSSR count). The van der Waals surface area contributed by atoms with Crippen LogP contribution in [0.3, 0.4) is 0 Å². The zero-order valence-electron chi connectivity index (χ0n) is 16.4. The Morgan fingerprint density at radius 1 is 1.25 bits per heavy atom. The average Bonchev–Trinajstić information content (AvgIpc) is 3.12. The number of carbonyl (C=O) groups excluding carboxylic acids is 1. The Morgan fingerprint density at radius 2 is 2.00 bits per heavy atom. The fraction of sp³-hybridized carbons (Fsp3) is 0.500. The van der Waals surface area contributed by atoms with Crippen LogP contribution in [0.25, 0.3) is 0 Å². The number of nitrogens with one attached hydrogen (secondary N) is 2. The number of thioether (sulfide) groups is 1. The fourth-order valence-electron chi connectivity index (χ4n) is 3.21. The normalized spacial score (nSPS) is 16.8.